The van der Waals surface area contributed by atoms with Crippen LogP contribution in [0.3, 0.4) is 0 Å². The van der Waals surface area contributed by atoms with Gasteiger partial charge >= 0.3 is 6.09 Å². The van der Waals surface area contributed by atoms with E-state index in [1.807, 2.05) is 45.0 Å². The maximum atomic E-state index is 12.2. The van der Waals surface area contributed by atoms with Gasteiger partial charge in [-0.05, 0) is 57.9 Å². The van der Waals surface area contributed by atoms with E-state index in [4.69, 9.17) is 19.2 Å². The highest BCUT2D eigenvalue weighted by Crippen LogP contribution is 2.28. The van der Waals surface area contributed by atoms with Crippen molar-refractivity contribution in [3.8, 4) is 5.88 Å². The number of hydrogen-bond acceptors (Lipinski definition) is 10. The number of amides is 1. The van der Waals surface area contributed by atoms with E-state index in [0.29, 0.717) is 36.5 Å². The lowest BCUT2D eigenvalue weighted by molar-refractivity contribution is 0.0636. The van der Waals surface area contributed by atoms with Gasteiger partial charge in [-0.25, -0.2) is 14.8 Å². The summed E-state index contributed by atoms with van der Waals surface area (Å²) >= 11 is 0. The first kappa shape index (κ1) is 26.0. The molecule has 4 N–H and O–H groups in total. The standard InChI is InChI=1S/C26H33N7O4/c1-26(2,3)37-25(34)32-19-7-5-6-18(14-19)30-23-21(29-17-10-12-36-13-11-17)16-28-24(33-23)31-20-8-9-22(35-4)27-15-20/h5-9,14-17,29H,10-13H2,1-4H3,(H,32,34)(H2,28,30,31,33). The molecule has 1 aliphatic heterocycles. The lowest BCUT2D eigenvalue weighted by atomic mass is 10.1. The summed E-state index contributed by atoms with van der Waals surface area (Å²) < 4.78 is 16.0. The number of carbonyl (C=O) groups is 1. The van der Waals surface area contributed by atoms with Gasteiger partial charge in [0.25, 0.3) is 0 Å². The van der Waals surface area contributed by atoms with Crippen LogP contribution in [0.5, 0.6) is 5.88 Å². The van der Waals surface area contributed by atoms with E-state index in [0.717, 1.165) is 29.9 Å². The maximum Gasteiger partial charge on any atom is 0.412 e. The van der Waals surface area contributed by atoms with Gasteiger partial charge in [0.05, 0.1) is 30.9 Å². The molecule has 1 aliphatic rings. The van der Waals surface area contributed by atoms with Gasteiger partial charge in [0.15, 0.2) is 5.82 Å². The minimum atomic E-state index is -0.589. The summed E-state index contributed by atoms with van der Waals surface area (Å²) in [4.78, 5) is 25.6. The summed E-state index contributed by atoms with van der Waals surface area (Å²) in [5.41, 5.74) is 2.22. The van der Waals surface area contributed by atoms with Crippen LogP contribution in [0.4, 0.5) is 39.3 Å². The van der Waals surface area contributed by atoms with E-state index in [-0.39, 0.29) is 6.04 Å². The smallest absolute Gasteiger partial charge is 0.412 e. The van der Waals surface area contributed by atoms with Crippen LogP contribution in [0.1, 0.15) is 33.6 Å². The van der Waals surface area contributed by atoms with Gasteiger partial charge in [-0.2, -0.15) is 4.98 Å². The number of carbonyl (C=O) groups excluding carboxylic acids is 1. The fourth-order valence-electron chi connectivity index (χ4n) is 3.64. The zero-order valence-corrected chi connectivity index (χ0v) is 21.5. The van der Waals surface area contributed by atoms with Crippen LogP contribution in [-0.4, -0.2) is 53.0 Å². The highest BCUT2D eigenvalue weighted by molar-refractivity contribution is 5.86. The van der Waals surface area contributed by atoms with Crippen molar-refractivity contribution in [3.05, 3.63) is 48.8 Å². The van der Waals surface area contributed by atoms with Crippen LogP contribution < -0.4 is 26.0 Å². The number of benzene rings is 1. The molecule has 1 saturated heterocycles. The van der Waals surface area contributed by atoms with Gasteiger partial charge in [0.1, 0.15) is 5.60 Å². The maximum absolute atomic E-state index is 12.2. The molecule has 0 bridgehead atoms. The minimum absolute atomic E-state index is 0.252. The summed E-state index contributed by atoms with van der Waals surface area (Å²) in [6.45, 7) is 6.88. The van der Waals surface area contributed by atoms with Crippen molar-refractivity contribution >= 4 is 40.6 Å². The number of pyridine rings is 1. The van der Waals surface area contributed by atoms with E-state index in [2.05, 4.69) is 31.2 Å². The number of ether oxygens (including phenoxy) is 3. The van der Waals surface area contributed by atoms with Crippen molar-refractivity contribution in [3.63, 3.8) is 0 Å². The Labute approximate surface area is 216 Å². The number of methoxy groups -OCH3 is 1. The Morgan fingerprint density at radius 1 is 1.00 bits per heavy atom. The van der Waals surface area contributed by atoms with Gasteiger partial charge in [0.2, 0.25) is 11.8 Å². The number of rotatable bonds is 8. The molecule has 3 heterocycles. The first-order chi connectivity index (χ1) is 17.8. The molecule has 0 radical (unpaired) electrons. The molecule has 1 fully saturated rings. The van der Waals surface area contributed by atoms with Crippen LogP contribution in [0.2, 0.25) is 0 Å². The molecule has 11 nitrogen and oxygen atoms in total. The van der Waals surface area contributed by atoms with Crippen LogP contribution >= 0.6 is 0 Å². The normalized spacial score (nSPS) is 13.9. The molecular weight excluding hydrogens is 474 g/mol. The molecule has 37 heavy (non-hydrogen) atoms. The Bertz CT molecular complexity index is 1190. The fraction of sp³-hybridized carbons (Fsp3) is 0.385. The third-order valence-corrected chi connectivity index (χ3v) is 5.34. The van der Waals surface area contributed by atoms with Gasteiger partial charge in [-0.1, -0.05) is 6.07 Å². The van der Waals surface area contributed by atoms with Crippen molar-refractivity contribution < 1.29 is 19.0 Å². The highest BCUT2D eigenvalue weighted by Gasteiger charge is 2.18. The van der Waals surface area contributed by atoms with E-state index < -0.39 is 11.7 Å². The van der Waals surface area contributed by atoms with E-state index in [1.165, 1.54) is 0 Å². The monoisotopic (exact) mass is 507 g/mol. The van der Waals surface area contributed by atoms with Crippen molar-refractivity contribution in [2.24, 2.45) is 0 Å². The summed E-state index contributed by atoms with van der Waals surface area (Å²) in [6.07, 6.45) is 4.66. The molecule has 0 aliphatic carbocycles. The molecule has 1 amide bonds. The zero-order chi connectivity index (χ0) is 26.3. The van der Waals surface area contributed by atoms with Crippen LogP contribution in [-0.2, 0) is 9.47 Å². The van der Waals surface area contributed by atoms with Crippen LogP contribution in [0.15, 0.2) is 48.8 Å². The predicted molar refractivity (Wildman–Crippen MR) is 143 cm³/mol. The fourth-order valence-corrected chi connectivity index (χ4v) is 3.64. The quantitative estimate of drug-likeness (QED) is 0.318. The van der Waals surface area contributed by atoms with Gasteiger partial charge in [-0.15, -0.1) is 0 Å². The summed E-state index contributed by atoms with van der Waals surface area (Å²) in [5.74, 6) is 1.50. The first-order valence-corrected chi connectivity index (χ1v) is 12.1. The Morgan fingerprint density at radius 2 is 1.78 bits per heavy atom. The average Bonchev–Trinajstić information content (AvgIpc) is 2.86. The van der Waals surface area contributed by atoms with Gasteiger partial charge < -0.3 is 30.2 Å². The lowest BCUT2D eigenvalue weighted by Gasteiger charge is -2.25. The molecule has 2 aromatic heterocycles. The largest absolute Gasteiger partial charge is 0.481 e. The van der Waals surface area contributed by atoms with Crippen molar-refractivity contribution in [2.75, 3.05) is 41.6 Å². The SMILES string of the molecule is COc1ccc(Nc2ncc(NC3CCOCC3)c(Nc3cccc(NC(=O)OC(C)(C)C)c3)n2)cn1. The summed E-state index contributed by atoms with van der Waals surface area (Å²) in [6, 6.07) is 11.2. The zero-order valence-electron chi connectivity index (χ0n) is 21.5. The van der Waals surface area contributed by atoms with Crippen molar-refractivity contribution in [1.29, 1.82) is 0 Å². The Hall–Kier alpha value is -4.12. The second kappa shape index (κ2) is 11.7. The molecule has 0 saturated carbocycles. The Kier molecular flexibility index (Phi) is 8.24. The molecular formula is C26H33N7O4. The number of hydrogen-bond donors (Lipinski definition) is 4. The van der Waals surface area contributed by atoms with E-state index in [1.54, 1.807) is 31.6 Å². The van der Waals surface area contributed by atoms with Gasteiger partial charge in [0, 0.05) is 36.7 Å². The Balaban J connectivity index is 1.55. The van der Waals surface area contributed by atoms with Crippen LogP contribution in [0.25, 0.3) is 0 Å². The highest BCUT2D eigenvalue weighted by atomic mass is 16.6. The lowest BCUT2D eigenvalue weighted by Crippen LogP contribution is -2.28. The molecule has 0 spiro atoms. The van der Waals surface area contributed by atoms with E-state index >= 15 is 0 Å². The molecule has 0 atom stereocenters. The summed E-state index contributed by atoms with van der Waals surface area (Å²) in [5, 5.41) is 12.8. The number of aromatic nitrogens is 3. The third-order valence-electron chi connectivity index (χ3n) is 5.34. The molecule has 11 heteroatoms. The topological polar surface area (TPSA) is 132 Å². The number of nitrogens with zero attached hydrogens (tertiary/aromatic N) is 3. The second-order valence-electron chi connectivity index (χ2n) is 9.53. The second-order valence-corrected chi connectivity index (χ2v) is 9.53. The van der Waals surface area contributed by atoms with Crippen molar-refractivity contribution in [1.82, 2.24) is 15.0 Å². The van der Waals surface area contributed by atoms with Crippen LogP contribution in [0, 0.1) is 0 Å². The predicted octanol–water partition coefficient (Wildman–Crippen LogP) is 5.31. The molecule has 0 unspecified atom stereocenters. The summed E-state index contributed by atoms with van der Waals surface area (Å²) in [7, 11) is 1.57. The number of nitrogens with one attached hydrogen (secondary N) is 4. The molecule has 4 rings (SSSR count). The first-order valence-electron chi connectivity index (χ1n) is 12.1. The average molecular weight is 508 g/mol. The molecule has 1 aromatic carbocycles. The van der Waals surface area contributed by atoms with Crippen molar-refractivity contribution in [2.45, 2.75) is 45.3 Å². The van der Waals surface area contributed by atoms with E-state index in [9.17, 15) is 4.79 Å². The minimum Gasteiger partial charge on any atom is -0.481 e. The number of anilines is 6. The van der Waals surface area contributed by atoms with Gasteiger partial charge in [-0.3, -0.25) is 5.32 Å². The molecule has 196 valence electrons. The third kappa shape index (κ3) is 7.94. The Morgan fingerprint density at radius 3 is 2.49 bits per heavy atom. The molecule has 3 aromatic rings.